The van der Waals surface area contributed by atoms with Gasteiger partial charge in [0.25, 0.3) is 0 Å². The standard InChI is InChI=1S/C16H24O3/c1-3-4-6-13(2)7-5-12-19-15-10-8-14(9-11-15)16(17)18/h8-11,13H,3-7,12H2,1-2H3,(H,17,18). The topological polar surface area (TPSA) is 46.5 Å². The molecular formula is C16H24O3. The average molecular weight is 264 g/mol. The van der Waals surface area contributed by atoms with Gasteiger partial charge in [0.2, 0.25) is 0 Å². The van der Waals surface area contributed by atoms with E-state index >= 15 is 0 Å². The monoisotopic (exact) mass is 264 g/mol. The number of unbranched alkanes of at least 4 members (excludes halogenated alkanes) is 1. The lowest BCUT2D eigenvalue weighted by Crippen LogP contribution is -2.02. The van der Waals surface area contributed by atoms with E-state index in [9.17, 15) is 4.79 Å². The smallest absolute Gasteiger partial charge is 0.335 e. The maximum absolute atomic E-state index is 10.7. The Morgan fingerprint density at radius 3 is 2.42 bits per heavy atom. The molecule has 0 fully saturated rings. The molecule has 3 heteroatoms. The Hall–Kier alpha value is -1.51. The summed E-state index contributed by atoms with van der Waals surface area (Å²) in [5, 5.41) is 8.78. The minimum absolute atomic E-state index is 0.292. The van der Waals surface area contributed by atoms with Crippen molar-refractivity contribution >= 4 is 5.97 Å². The Bertz CT molecular complexity index is 370. The van der Waals surface area contributed by atoms with Crippen LogP contribution in [0, 0.1) is 5.92 Å². The van der Waals surface area contributed by atoms with E-state index in [1.54, 1.807) is 24.3 Å². The molecule has 106 valence electrons. The second kappa shape index (κ2) is 8.57. The molecule has 0 aliphatic heterocycles. The second-order valence-corrected chi connectivity index (χ2v) is 5.07. The molecule has 0 aromatic heterocycles. The van der Waals surface area contributed by atoms with Crippen LogP contribution < -0.4 is 4.74 Å². The van der Waals surface area contributed by atoms with Gasteiger partial charge in [0, 0.05) is 0 Å². The fraction of sp³-hybridized carbons (Fsp3) is 0.562. The van der Waals surface area contributed by atoms with Crippen LogP contribution in [-0.4, -0.2) is 17.7 Å². The number of hydrogen-bond acceptors (Lipinski definition) is 2. The van der Waals surface area contributed by atoms with Gasteiger partial charge in [-0.05, 0) is 43.0 Å². The molecule has 1 unspecified atom stereocenters. The molecule has 1 rings (SSSR count). The first-order chi connectivity index (χ1) is 9.13. The predicted octanol–water partition coefficient (Wildman–Crippen LogP) is 4.37. The Balaban J connectivity index is 2.20. The van der Waals surface area contributed by atoms with Gasteiger partial charge < -0.3 is 9.84 Å². The number of benzene rings is 1. The van der Waals surface area contributed by atoms with Crippen LogP contribution in [0.4, 0.5) is 0 Å². The van der Waals surface area contributed by atoms with Crippen molar-refractivity contribution in [3.8, 4) is 5.75 Å². The molecule has 0 radical (unpaired) electrons. The molecule has 1 aromatic rings. The highest BCUT2D eigenvalue weighted by atomic mass is 16.5. The summed E-state index contributed by atoms with van der Waals surface area (Å²) in [6, 6.07) is 6.57. The largest absolute Gasteiger partial charge is 0.494 e. The molecule has 0 bridgehead atoms. The summed E-state index contributed by atoms with van der Waals surface area (Å²) in [6.45, 7) is 5.21. The minimum atomic E-state index is -0.906. The summed E-state index contributed by atoms with van der Waals surface area (Å²) >= 11 is 0. The van der Waals surface area contributed by atoms with Crippen molar-refractivity contribution in [3.05, 3.63) is 29.8 Å². The second-order valence-electron chi connectivity index (χ2n) is 5.07. The molecule has 0 heterocycles. The van der Waals surface area contributed by atoms with Gasteiger partial charge in [-0.25, -0.2) is 4.79 Å². The maximum Gasteiger partial charge on any atom is 0.335 e. The van der Waals surface area contributed by atoms with Crippen molar-refractivity contribution in [2.24, 2.45) is 5.92 Å². The number of ether oxygens (including phenoxy) is 1. The Labute approximate surface area is 115 Å². The van der Waals surface area contributed by atoms with E-state index in [1.807, 2.05) is 0 Å². The average Bonchev–Trinajstić information content (AvgIpc) is 2.41. The minimum Gasteiger partial charge on any atom is -0.494 e. The normalized spacial score (nSPS) is 12.1. The molecular weight excluding hydrogens is 240 g/mol. The van der Waals surface area contributed by atoms with Crippen molar-refractivity contribution in [1.82, 2.24) is 0 Å². The van der Waals surface area contributed by atoms with Gasteiger partial charge in [0.15, 0.2) is 0 Å². The van der Waals surface area contributed by atoms with Crippen LogP contribution in [0.2, 0.25) is 0 Å². The van der Waals surface area contributed by atoms with Crippen LogP contribution >= 0.6 is 0 Å². The van der Waals surface area contributed by atoms with E-state index in [-0.39, 0.29) is 0 Å². The molecule has 3 nitrogen and oxygen atoms in total. The maximum atomic E-state index is 10.7. The highest BCUT2D eigenvalue weighted by Crippen LogP contribution is 2.16. The van der Waals surface area contributed by atoms with Gasteiger partial charge in [-0.2, -0.15) is 0 Å². The van der Waals surface area contributed by atoms with Crippen LogP contribution in [0.5, 0.6) is 5.75 Å². The number of carboxylic acid groups (broad SMARTS) is 1. The van der Waals surface area contributed by atoms with Crippen LogP contribution in [0.25, 0.3) is 0 Å². The molecule has 0 aliphatic rings. The van der Waals surface area contributed by atoms with E-state index in [0.717, 1.165) is 18.1 Å². The third-order valence-electron chi connectivity index (χ3n) is 3.26. The van der Waals surface area contributed by atoms with Crippen LogP contribution in [0.1, 0.15) is 56.3 Å². The molecule has 0 amide bonds. The van der Waals surface area contributed by atoms with E-state index in [1.165, 1.54) is 25.7 Å². The first-order valence-corrected chi connectivity index (χ1v) is 7.09. The van der Waals surface area contributed by atoms with Gasteiger partial charge in [-0.3, -0.25) is 0 Å². The zero-order chi connectivity index (χ0) is 14.1. The highest BCUT2D eigenvalue weighted by molar-refractivity contribution is 5.87. The highest BCUT2D eigenvalue weighted by Gasteiger charge is 2.03. The zero-order valence-corrected chi connectivity index (χ0v) is 11.9. The third kappa shape index (κ3) is 6.27. The summed E-state index contributed by atoms with van der Waals surface area (Å²) in [5.41, 5.74) is 0.292. The molecule has 0 saturated carbocycles. The lowest BCUT2D eigenvalue weighted by atomic mass is 9.99. The fourth-order valence-corrected chi connectivity index (χ4v) is 2.01. The SMILES string of the molecule is CCCCC(C)CCCOc1ccc(C(=O)O)cc1. The molecule has 1 aromatic carbocycles. The number of carboxylic acids is 1. The number of hydrogen-bond donors (Lipinski definition) is 1. The number of aromatic carboxylic acids is 1. The lowest BCUT2D eigenvalue weighted by Gasteiger charge is -2.11. The molecule has 0 aliphatic carbocycles. The molecule has 1 atom stereocenters. The van der Waals surface area contributed by atoms with Crippen molar-refractivity contribution in [3.63, 3.8) is 0 Å². The summed E-state index contributed by atoms with van der Waals surface area (Å²) in [5.74, 6) is 0.598. The van der Waals surface area contributed by atoms with Crippen molar-refractivity contribution < 1.29 is 14.6 Å². The number of rotatable bonds is 9. The number of carbonyl (C=O) groups is 1. The Morgan fingerprint density at radius 2 is 1.84 bits per heavy atom. The van der Waals surface area contributed by atoms with E-state index in [2.05, 4.69) is 13.8 Å². The van der Waals surface area contributed by atoms with Crippen LogP contribution in [0.15, 0.2) is 24.3 Å². The van der Waals surface area contributed by atoms with Crippen LogP contribution in [-0.2, 0) is 0 Å². The van der Waals surface area contributed by atoms with Crippen molar-refractivity contribution in [2.45, 2.75) is 46.0 Å². The zero-order valence-electron chi connectivity index (χ0n) is 11.9. The first-order valence-electron chi connectivity index (χ1n) is 7.09. The van der Waals surface area contributed by atoms with Crippen molar-refractivity contribution in [2.75, 3.05) is 6.61 Å². The Kier molecular flexibility index (Phi) is 7.01. The third-order valence-corrected chi connectivity index (χ3v) is 3.26. The predicted molar refractivity (Wildman–Crippen MR) is 76.8 cm³/mol. The lowest BCUT2D eigenvalue weighted by molar-refractivity contribution is 0.0697. The summed E-state index contributed by atoms with van der Waals surface area (Å²) in [4.78, 5) is 10.7. The first kappa shape index (κ1) is 15.5. The quantitative estimate of drug-likeness (QED) is 0.674. The summed E-state index contributed by atoms with van der Waals surface area (Å²) in [6.07, 6.45) is 6.10. The summed E-state index contributed by atoms with van der Waals surface area (Å²) < 4.78 is 5.60. The van der Waals surface area contributed by atoms with Gasteiger partial charge in [-0.15, -0.1) is 0 Å². The Morgan fingerprint density at radius 1 is 1.21 bits per heavy atom. The molecule has 0 spiro atoms. The van der Waals surface area contributed by atoms with E-state index in [4.69, 9.17) is 9.84 Å². The van der Waals surface area contributed by atoms with Gasteiger partial charge in [-0.1, -0.05) is 33.1 Å². The fourth-order valence-electron chi connectivity index (χ4n) is 2.01. The van der Waals surface area contributed by atoms with Gasteiger partial charge in [0.1, 0.15) is 5.75 Å². The van der Waals surface area contributed by atoms with Crippen molar-refractivity contribution in [1.29, 1.82) is 0 Å². The molecule has 1 N–H and O–H groups in total. The van der Waals surface area contributed by atoms with E-state index < -0.39 is 5.97 Å². The molecule has 19 heavy (non-hydrogen) atoms. The molecule has 0 saturated heterocycles. The summed E-state index contributed by atoms with van der Waals surface area (Å²) in [7, 11) is 0. The van der Waals surface area contributed by atoms with Gasteiger partial charge >= 0.3 is 5.97 Å². The van der Waals surface area contributed by atoms with E-state index in [0.29, 0.717) is 12.2 Å². The van der Waals surface area contributed by atoms with Crippen LogP contribution in [0.3, 0.4) is 0 Å². The van der Waals surface area contributed by atoms with Gasteiger partial charge in [0.05, 0.1) is 12.2 Å².